The lowest BCUT2D eigenvalue weighted by Crippen LogP contribution is -2.36. The molecular weight excluding hydrogens is 392 g/mol. The Bertz CT molecular complexity index is 995. The van der Waals surface area contributed by atoms with Gasteiger partial charge in [-0.2, -0.15) is 0 Å². The third-order valence-corrected chi connectivity index (χ3v) is 6.61. The van der Waals surface area contributed by atoms with Crippen molar-refractivity contribution in [3.05, 3.63) is 54.0 Å². The zero-order valence-electron chi connectivity index (χ0n) is 16.0. The molecule has 1 saturated heterocycles. The minimum absolute atomic E-state index is 0.0243. The van der Waals surface area contributed by atoms with Gasteiger partial charge < -0.3 is 9.73 Å². The van der Waals surface area contributed by atoms with Crippen LogP contribution in [0, 0.1) is 0 Å². The second kappa shape index (κ2) is 8.38. The molecule has 1 unspecified atom stereocenters. The number of sulfonamides is 1. The van der Waals surface area contributed by atoms with Crippen molar-refractivity contribution in [2.24, 2.45) is 4.99 Å². The maximum absolute atomic E-state index is 12.3. The summed E-state index contributed by atoms with van der Waals surface area (Å²) in [5.41, 5.74) is 0.542. The molecule has 29 heavy (non-hydrogen) atoms. The summed E-state index contributed by atoms with van der Waals surface area (Å²) in [5.74, 6) is 1.02. The maximum Gasteiger partial charge on any atom is 0.263 e. The number of rotatable bonds is 7. The van der Waals surface area contributed by atoms with Gasteiger partial charge in [-0.3, -0.25) is 19.4 Å². The number of furan rings is 1. The SMILES string of the molecule is O=C(CCN=C1NS(=O)(=O)c2ccccc21)NCC(c1ccco1)N1CCCC1. The largest absolute Gasteiger partial charge is 0.468 e. The van der Waals surface area contributed by atoms with Crippen molar-refractivity contribution in [3.8, 4) is 0 Å². The lowest BCUT2D eigenvalue weighted by Gasteiger charge is -2.25. The maximum atomic E-state index is 12.3. The highest BCUT2D eigenvalue weighted by atomic mass is 32.2. The predicted octanol–water partition coefficient (Wildman–Crippen LogP) is 1.66. The van der Waals surface area contributed by atoms with Crippen molar-refractivity contribution in [3.63, 3.8) is 0 Å². The summed E-state index contributed by atoms with van der Waals surface area (Å²) in [5, 5.41) is 2.96. The van der Waals surface area contributed by atoms with E-state index in [9.17, 15) is 13.2 Å². The number of nitrogens with zero attached hydrogens (tertiary/aromatic N) is 2. The number of amidine groups is 1. The van der Waals surface area contributed by atoms with E-state index < -0.39 is 10.0 Å². The van der Waals surface area contributed by atoms with Crippen molar-refractivity contribution >= 4 is 21.8 Å². The Kier molecular flexibility index (Phi) is 5.68. The third kappa shape index (κ3) is 4.35. The fourth-order valence-electron chi connectivity index (χ4n) is 3.76. The highest BCUT2D eigenvalue weighted by Gasteiger charge is 2.30. The number of carbonyl (C=O) groups is 1. The van der Waals surface area contributed by atoms with Gasteiger partial charge in [-0.05, 0) is 50.2 Å². The number of nitrogens with one attached hydrogen (secondary N) is 2. The van der Waals surface area contributed by atoms with Crippen LogP contribution in [0.5, 0.6) is 0 Å². The second-order valence-corrected chi connectivity index (χ2v) is 8.81. The predicted molar refractivity (Wildman–Crippen MR) is 108 cm³/mol. The summed E-state index contributed by atoms with van der Waals surface area (Å²) < 4.78 is 32.2. The number of amides is 1. The summed E-state index contributed by atoms with van der Waals surface area (Å²) in [6.07, 6.45) is 4.13. The standard InChI is InChI=1S/C20H24N4O4S/c25-19(22-14-16(17-7-5-13-28-17)24-11-3-4-12-24)9-10-21-20-15-6-1-2-8-18(15)29(26,27)23-20/h1-2,5-8,13,16H,3-4,9-12,14H2,(H,21,23)(H,22,25). The van der Waals surface area contributed by atoms with Gasteiger partial charge in [-0.1, -0.05) is 12.1 Å². The van der Waals surface area contributed by atoms with E-state index in [1.165, 1.54) is 0 Å². The minimum Gasteiger partial charge on any atom is -0.468 e. The van der Waals surface area contributed by atoms with Crippen molar-refractivity contribution in [1.82, 2.24) is 14.9 Å². The van der Waals surface area contributed by atoms with Crippen LogP contribution >= 0.6 is 0 Å². The number of likely N-dealkylation sites (tertiary alicyclic amines) is 1. The number of carbonyl (C=O) groups excluding carboxylic acids is 1. The molecule has 2 aliphatic heterocycles. The molecule has 0 spiro atoms. The van der Waals surface area contributed by atoms with E-state index >= 15 is 0 Å². The molecule has 2 aromatic rings. The molecule has 1 amide bonds. The summed E-state index contributed by atoms with van der Waals surface area (Å²) in [7, 11) is -3.56. The molecule has 0 bridgehead atoms. The van der Waals surface area contributed by atoms with E-state index in [1.54, 1.807) is 30.5 Å². The van der Waals surface area contributed by atoms with Crippen molar-refractivity contribution in [1.29, 1.82) is 0 Å². The molecule has 154 valence electrons. The van der Waals surface area contributed by atoms with Crippen LogP contribution in [-0.2, 0) is 14.8 Å². The number of hydrogen-bond acceptors (Lipinski definition) is 6. The van der Waals surface area contributed by atoms with Gasteiger partial charge in [-0.15, -0.1) is 0 Å². The third-order valence-electron chi connectivity index (χ3n) is 5.22. The Morgan fingerprint density at radius 3 is 2.76 bits per heavy atom. The smallest absolute Gasteiger partial charge is 0.263 e. The van der Waals surface area contributed by atoms with Gasteiger partial charge in [0.05, 0.1) is 23.7 Å². The highest BCUT2D eigenvalue weighted by molar-refractivity contribution is 7.90. The van der Waals surface area contributed by atoms with Crippen LogP contribution in [0.15, 0.2) is 57.0 Å². The molecule has 1 aromatic carbocycles. The molecule has 3 heterocycles. The highest BCUT2D eigenvalue weighted by Crippen LogP contribution is 2.25. The van der Waals surface area contributed by atoms with Crippen LogP contribution in [0.4, 0.5) is 0 Å². The first-order valence-corrected chi connectivity index (χ1v) is 11.2. The van der Waals surface area contributed by atoms with E-state index in [0.717, 1.165) is 31.7 Å². The van der Waals surface area contributed by atoms with E-state index in [1.807, 2.05) is 12.1 Å². The van der Waals surface area contributed by atoms with Gasteiger partial charge >= 0.3 is 0 Å². The first-order valence-electron chi connectivity index (χ1n) is 9.75. The zero-order valence-corrected chi connectivity index (χ0v) is 16.8. The summed E-state index contributed by atoms with van der Waals surface area (Å²) >= 11 is 0. The number of aliphatic imine (C=N–C) groups is 1. The van der Waals surface area contributed by atoms with Crippen LogP contribution in [0.3, 0.4) is 0 Å². The molecule has 0 saturated carbocycles. The monoisotopic (exact) mass is 416 g/mol. The lowest BCUT2D eigenvalue weighted by atomic mass is 10.2. The lowest BCUT2D eigenvalue weighted by molar-refractivity contribution is -0.121. The van der Waals surface area contributed by atoms with Crippen LogP contribution in [0.1, 0.15) is 36.6 Å². The summed E-state index contributed by atoms with van der Waals surface area (Å²) in [6, 6.07) is 10.5. The topological polar surface area (TPSA) is 104 Å². The molecule has 8 nitrogen and oxygen atoms in total. The van der Waals surface area contributed by atoms with Gasteiger partial charge in [0.25, 0.3) is 10.0 Å². The first-order chi connectivity index (χ1) is 14.0. The molecule has 9 heteroatoms. The number of fused-ring (bicyclic) bond motifs is 1. The molecule has 2 aliphatic rings. The number of benzene rings is 1. The van der Waals surface area contributed by atoms with Crippen LogP contribution in [0.25, 0.3) is 0 Å². The molecule has 0 aliphatic carbocycles. The van der Waals surface area contributed by atoms with Crippen molar-refractivity contribution in [2.75, 3.05) is 26.2 Å². The molecule has 2 N–H and O–H groups in total. The Morgan fingerprint density at radius 2 is 2.00 bits per heavy atom. The van der Waals surface area contributed by atoms with Crippen LogP contribution < -0.4 is 10.0 Å². The molecule has 4 rings (SSSR count). The fourth-order valence-corrected chi connectivity index (χ4v) is 5.01. The van der Waals surface area contributed by atoms with E-state index in [-0.39, 0.29) is 29.8 Å². The Morgan fingerprint density at radius 1 is 1.21 bits per heavy atom. The molecule has 1 fully saturated rings. The van der Waals surface area contributed by atoms with Crippen molar-refractivity contribution in [2.45, 2.75) is 30.2 Å². The molecule has 1 atom stereocenters. The average molecular weight is 417 g/mol. The van der Waals surface area contributed by atoms with Gasteiger partial charge in [-0.25, -0.2) is 8.42 Å². The fraction of sp³-hybridized carbons (Fsp3) is 0.400. The van der Waals surface area contributed by atoms with Crippen LogP contribution in [-0.4, -0.2) is 51.2 Å². The molecule has 1 aromatic heterocycles. The average Bonchev–Trinajstić information content (AvgIpc) is 3.45. The molecular formula is C20H24N4O4S. The van der Waals surface area contributed by atoms with Gasteiger partial charge in [0, 0.05) is 18.5 Å². The number of hydrogen-bond donors (Lipinski definition) is 2. The Labute approximate surface area is 170 Å². The summed E-state index contributed by atoms with van der Waals surface area (Å²) in [6.45, 7) is 2.66. The quantitative estimate of drug-likeness (QED) is 0.714. The second-order valence-electron chi connectivity index (χ2n) is 7.16. The van der Waals surface area contributed by atoms with E-state index in [0.29, 0.717) is 17.9 Å². The zero-order chi connectivity index (χ0) is 20.3. The normalized spacial score (nSPS) is 20.3. The Balaban J connectivity index is 1.33. The summed E-state index contributed by atoms with van der Waals surface area (Å²) in [4.78, 5) is 19.1. The Hall–Kier alpha value is -2.65. The van der Waals surface area contributed by atoms with Gasteiger partial charge in [0.1, 0.15) is 11.6 Å². The van der Waals surface area contributed by atoms with Gasteiger partial charge in [0.2, 0.25) is 5.91 Å². The van der Waals surface area contributed by atoms with E-state index in [4.69, 9.17) is 4.42 Å². The van der Waals surface area contributed by atoms with Gasteiger partial charge in [0.15, 0.2) is 0 Å². The van der Waals surface area contributed by atoms with Crippen LogP contribution in [0.2, 0.25) is 0 Å². The minimum atomic E-state index is -3.56. The van der Waals surface area contributed by atoms with E-state index in [2.05, 4.69) is 19.9 Å². The first kappa shape index (κ1) is 19.7. The van der Waals surface area contributed by atoms with Crippen molar-refractivity contribution < 1.29 is 17.6 Å². The molecule has 0 radical (unpaired) electrons.